The van der Waals surface area contributed by atoms with Crippen LogP contribution in [0.4, 0.5) is 4.39 Å². The predicted octanol–water partition coefficient (Wildman–Crippen LogP) is 1.53. The van der Waals surface area contributed by atoms with Crippen molar-refractivity contribution in [1.29, 1.82) is 0 Å². The number of carbonyl (C=O) groups excluding carboxylic acids is 1. The lowest BCUT2D eigenvalue weighted by molar-refractivity contribution is -0.141. The normalized spacial score (nSPS) is 12.0. The molecule has 1 N–H and O–H groups in total. The molecule has 0 aromatic heterocycles. The summed E-state index contributed by atoms with van der Waals surface area (Å²) >= 11 is 0. The van der Waals surface area contributed by atoms with Crippen molar-refractivity contribution in [2.24, 2.45) is 0 Å². The summed E-state index contributed by atoms with van der Waals surface area (Å²) in [7, 11) is 2.92. The van der Waals surface area contributed by atoms with Crippen molar-refractivity contribution in [3.05, 3.63) is 35.1 Å². The second kappa shape index (κ2) is 8.45. The van der Waals surface area contributed by atoms with E-state index < -0.39 is 23.7 Å². The highest BCUT2D eigenvalue weighted by atomic mass is 19.1. The van der Waals surface area contributed by atoms with E-state index in [0.29, 0.717) is 13.2 Å². The van der Waals surface area contributed by atoms with Gasteiger partial charge in [-0.1, -0.05) is 0 Å². The summed E-state index contributed by atoms with van der Waals surface area (Å²) in [4.78, 5) is 24.2. The SMILES string of the molecule is COCCOCc1cc(C(=O)N(C)C(C)C(=O)O)ccc1F. The van der Waals surface area contributed by atoms with Gasteiger partial charge in [0.2, 0.25) is 0 Å². The summed E-state index contributed by atoms with van der Waals surface area (Å²) in [5.41, 5.74) is 0.445. The standard InChI is InChI=1S/C15H20FNO5/c1-10(15(19)20)17(2)14(18)11-4-5-13(16)12(8-11)9-22-7-6-21-3/h4-5,8,10H,6-7,9H2,1-3H3,(H,19,20). The van der Waals surface area contributed by atoms with E-state index in [1.165, 1.54) is 39.3 Å². The molecule has 0 radical (unpaired) electrons. The number of hydrogen-bond acceptors (Lipinski definition) is 4. The summed E-state index contributed by atoms with van der Waals surface area (Å²) in [5, 5.41) is 8.93. The van der Waals surface area contributed by atoms with Crippen LogP contribution in [0.1, 0.15) is 22.8 Å². The summed E-state index contributed by atoms with van der Waals surface area (Å²) in [6.07, 6.45) is 0. The Labute approximate surface area is 128 Å². The first-order valence-corrected chi connectivity index (χ1v) is 6.73. The topological polar surface area (TPSA) is 76.1 Å². The Morgan fingerprint density at radius 2 is 2.05 bits per heavy atom. The molecule has 122 valence electrons. The molecule has 1 aromatic carbocycles. The van der Waals surface area contributed by atoms with Crippen LogP contribution in [0.5, 0.6) is 0 Å². The molecule has 6 nitrogen and oxygen atoms in total. The molecule has 22 heavy (non-hydrogen) atoms. The molecule has 0 aliphatic rings. The van der Waals surface area contributed by atoms with Crippen LogP contribution in [0.15, 0.2) is 18.2 Å². The van der Waals surface area contributed by atoms with Gasteiger partial charge in [-0.05, 0) is 25.1 Å². The van der Waals surface area contributed by atoms with Gasteiger partial charge in [0.15, 0.2) is 0 Å². The van der Waals surface area contributed by atoms with Crippen LogP contribution < -0.4 is 0 Å². The average molecular weight is 313 g/mol. The fourth-order valence-corrected chi connectivity index (χ4v) is 1.69. The Bertz CT molecular complexity index is 535. The molecule has 1 amide bonds. The molecule has 0 saturated heterocycles. The molecule has 0 saturated carbocycles. The molecular formula is C15H20FNO5. The third-order valence-electron chi connectivity index (χ3n) is 3.24. The molecule has 0 aliphatic carbocycles. The van der Waals surface area contributed by atoms with Gasteiger partial charge in [-0.2, -0.15) is 0 Å². The number of ether oxygens (including phenoxy) is 2. The summed E-state index contributed by atoms with van der Waals surface area (Å²) in [6, 6.07) is 2.89. The van der Waals surface area contributed by atoms with Crippen molar-refractivity contribution in [3.8, 4) is 0 Å². The minimum atomic E-state index is -1.11. The molecule has 0 aliphatic heterocycles. The minimum absolute atomic E-state index is 0.00844. The van der Waals surface area contributed by atoms with Crippen molar-refractivity contribution in [1.82, 2.24) is 4.90 Å². The zero-order chi connectivity index (χ0) is 16.7. The van der Waals surface area contributed by atoms with Crippen molar-refractivity contribution in [3.63, 3.8) is 0 Å². The zero-order valence-electron chi connectivity index (χ0n) is 12.8. The first kappa shape index (κ1) is 18.1. The number of methoxy groups -OCH3 is 1. The lowest BCUT2D eigenvalue weighted by atomic mass is 10.1. The lowest BCUT2D eigenvalue weighted by Gasteiger charge is -2.21. The predicted molar refractivity (Wildman–Crippen MR) is 77.1 cm³/mol. The first-order valence-electron chi connectivity index (χ1n) is 6.73. The van der Waals surface area contributed by atoms with Gasteiger partial charge < -0.3 is 19.5 Å². The number of carbonyl (C=O) groups is 2. The second-order valence-electron chi connectivity index (χ2n) is 4.78. The molecule has 0 spiro atoms. The van der Waals surface area contributed by atoms with Crippen LogP contribution in [0, 0.1) is 5.82 Å². The number of halogens is 1. The van der Waals surface area contributed by atoms with E-state index in [9.17, 15) is 14.0 Å². The van der Waals surface area contributed by atoms with Crippen molar-refractivity contribution in [2.45, 2.75) is 19.6 Å². The number of nitrogens with zero attached hydrogens (tertiary/aromatic N) is 1. The van der Waals surface area contributed by atoms with Crippen LogP contribution >= 0.6 is 0 Å². The van der Waals surface area contributed by atoms with E-state index in [-0.39, 0.29) is 17.7 Å². The second-order valence-corrected chi connectivity index (χ2v) is 4.78. The highest BCUT2D eigenvalue weighted by molar-refractivity contribution is 5.96. The van der Waals surface area contributed by atoms with E-state index in [0.717, 1.165) is 4.90 Å². The zero-order valence-corrected chi connectivity index (χ0v) is 12.8. The van der Waals surface area contributed by atoms with Gasteiger partial charge in [-0.3, -0.25) is 4.79 Å². The van der Waals surface area contributed by atoms with Gasteiger partial charge in [-0.15, -0.1) is 0 Å². The van der Waals surface area contributed by atoms with E-state index in [1.807, 2.05) is 0 Å². The number of rotatable bonds is 8. The van der Waals surface area contributed by atoms with E-state index >= 15 is 0 Å². The number of hydrogen-bond donors (Lipinski definition) is 1. The van der Waals surface area contributed by atoms with Crippen molar-refractivity contribution in [2.75, 3.05) is 27.4 Å². The number of aliphatic carboxylic acids is 1. The molecule has 1 rings (SSSR count). The minimum Gasteiger partial charge on any atom is -0.480 e. The molecule has 0 bridgehead atoms. The van der Waals surface area contributed by atoms with Gasteiger partial charge in [0.25, 0.3) is 5.91 Å². The fourth-order valence-electron chi connectivity index (χ4n) is 1.69. The van der Waals surface area contributed by atoms with Crippen LogP contribution in [0.3, 0.4) is 0 Å². The Morgan fingerprint density at radius 1 is 1.36 bits per heavy atom. The smallest absolute Gasteiger partial charge is 0.326 e. The van der Waals surface area contributed by atoms with Gasteiger partial charge in [0.1, 0.15) is 11.9 Å². The third-order valence-corrected chi connectivity index (χ3v) is 3.24. The summed E-state index contributed by atoms with van der Waals surface area (Å²) in [6.45, 7) is 2.11. The van der Waals surface area contributed by atoms with Gasteiger partial charge in [0, 0.05) is 25.3 Å². The van der Waals surface area contributed by atoms with Gasteiger partial charge in [0.05, 0.1) is 19.8 Å². The van der Waals surface area contributed by atoms with Gasteiger partial charge >= 0.3 is 5.97 Å². The van der Waals surface area contributed by atoms with Crippen LogP contribution in [0.25, 0.3) is 0 Å². The maximum atomic E-state index is 13.7. The third kappa shape index (κ3) is 4.78. The van der Waals surface area contributed by atoms with E-state index in [2.05, 4.69) is 0 Å². The summed E-state index contributed by atoms with van der Waals surface area (Å²) < 4.78 is 23.8. The highest BCUT2D eigenvalue weighted by Gasteiger charge is 2.23. The Balaban J connectivity index is 2.83. The molecule has 0 fully saturated rings. The maximum absolute atomic E-state index is 13.7. The van der Waals surface area contributed by atoms with Crippen LogP contribution in [-0.2, 0) is 20.9 Å². The van der Waals surface area contributed by atoms with Crippen LogP contribution in [-0.4, -0.2) is 55.3 Å². The molecule has 7 heteroatoms. The quantitative estimate of drug-likeness (QED) is 0.737. The fraction of sp³-hybridized carbons (Fsp3) is 0.467. The Morgan fingerprint density at radius 3 is 2.64 bits per heavy atom. The Kier molecular flexibility index (Phi) is 6.94. The van der Waals surface area contributed by atoms with Crippen LogP contribution in [0.2, 0.25) is 0 Å². The lowest BCUT2D eigenvalue weighted by Crippen LogP contribution is -2.40. The van der Waals surface area contributed by atoms with E-state index in [4.69, 9.17) is 14.6 Å². The van der Waals surface area contributed by atoms with Crippen molar-refractivity contribution >= 4 is 11.9 Å². The van der Waals surface area contributed by atoms with E-state index in [1.54, 1.807) is 0 Å². The molecule has 1 atom stereocenters. The monoisotopic (exact) mass is 313 g/mol. The molecule has 1 unspecified atom stereocenters. The number of carboxylic acids is 1. The number of amides is 1. The molecular weight excluding hydrogens is 293 g/mol. The maximum Gasteiger partial charge on any atom is 0.326 e. The largest absolute Gasteiger partial charge is 0.480 e. The number of benzene rings is 1. The van der Waals surface area contributed by atoms with Crippen molar-refractivity contribution < 1.29 is 28.6 Å². The first-order chi connectivity index (χ1) is 10.4. The molecule has 1 aromatic rings. The average Bonchev–Trinajstić information content (AvgIpc) is 2.50. The Hall–Kier alpha value is -1.99. The number of carboxylic acid groups (broad SMARTS) is 1. The summed E-state index contributed by atoms with van der Waals surface area (Å²) in [5.74, 6) is -2.09. The van der Waals surface area contributed by atoms with Gasteiger partial charge in [-0.25, -0.2) is 9.18 Å². The molecule has 0 heterocycles. The number of likely N-dealkylation sites (N-methyl/N-ethyl adjacent to an activating group) is 1. The highest BCUT2D eigenvalue weighted by Crippen LogP contribution is 2.14.